The molecule has 26 heavy (non-hydrogen) atoms. The Balaban J connectivity index is 1.68. The first-order valence-electron chi connectivity index (χ1n) is 9.14. The molecule has 1 saturated heterocycles. The monoisotopic (exact) mass is 358 g/mol. The second kappa shape index (κ2) is 7.40. The molecule has 1 aromatic heterocycles. The zero-order valence-electron chi connectivity index (χ0n) is 15.8. The average molecular weight is 358 g/mol. The van der Waals surface area contributed by atoms with Crippen LogP contribution in [0.2, 0.25) is 0 Å². The summed E-state index contributed by atoms with van der Waals surface area (Å²) in [6, 6.07) is 4.08. The standard InChI is InChI=1S/C20H26N2O4/c1-5-25-20(24)22-10-8-15(9-11-22)21-19(23)18-14(4)16-7-6-12(2)13(3)17(16)26-18/h6-7,15H,5,8-11H2,1-4H3,(H,21,23). The second-order valence-corrected chi connectivity index (χ2v) is 6.87. The molecule has 140 valence electrons. The number of furan rings is 1. The molecule has 0 bridgehead atoms. The van der Waals surface area contributed by atoms with Crippen molar-refractivity contribution in [1.82, 2.24) is 10.2 Å². The fourth-order valence-corrected chi connectivity index (χ4v) is 3.41. The Hall–Kier alpha value is -2.50. The molecule has 0 radical (unpaired) electrons. The number of ether oxygens (including phenoxy) is 1. The molecule has 2 heterocycles. The van der Waals surface area contributed by atoms with Crippen molar-refractivity contribution in [2.75, 3.05) is 19.7 Å². The molecular weight excluding hydrogens is 332 g/mol. The van der Waals surface area contributed by atoms with Crippen molar-refractivity contribution in [2.24, 2.45) is 0 Å². The van der Waals surface area contributed by atoms with E-state index in [-0.39, 0.29) is 18.0 Å². The van der Waals surface area contributed by atoms with Crippen LogP contribution in [0.4, 0.5) is 4.79 Å². The molecular formula is C20H26N2O4. The summed E-state index contributed by atoms with van der Waals surface area (Å²) in [5, 5.41) is 4.03. The number of nitrogens with zero attached hydrogens (tertiary/aromatic N) is 1. The van der Waals surface area contributed by atoms with Gasteiger partial charge in [-0.15, -0.1) is 0 Å². The van der Waals surface area contributed by atoms with Crippen molar-refractivity contribution in [1.29, 1.82) is 0 Å². The summed E-state index contributed by atoms with van der Waals surface area (Å²) in [6.45, 7) is 9.29. The summed E-state index contributed by atoms with van der Waals surface area (Å²) in [7, 11) is 0. The quantitative estimate of drug-likeness (QED) is 0.908. The molecule has 2 amide bonds. The largest absolute Gasteiger partial charge is 0.450 e. The van der Waals surface area contributed by atoms with E-state index in [4.69, 9.17) is 9.15 Å². The zero-order valence-corrected chi connectivity index (χ0v) is 15.8. The van der Waals surface area contributed by atoms with E-state index in [2.05, 4.69) is 5.32 Å². The Morgan fingerprint density at radius 1 is 1.19 bits per heavy atom. The van der Waals surface area contributed by atoms with Crippen molar-refractivity contribution >= 4 is 23.0 Å². The summed E-state index contributed by atoms with van der Waals surface area (Å²) in [6.07, 6.45) is 1.14. The van der Waals surface area contributed by atoms with Crippen LogP contribution >= 0.6 is 0 Å². The van der Waals surface area contributed by atoms with Crippen LogP contribution in [0.25, 0.3) is 11.0 Å². The summed E-state index contributed by atoms with van der Waals surface area (Å²) < 4.78 is 10.9. The molecule has 0 atom stereocenters. The van der Waals surface area contributed by atoms with Gasteiger partial charge in [-0.1, -0.05) is 12.1 Å². The number of nitrogens with one attached hydrogen (secondary N) is 1. The summed E-state index contributed by atoms with van der Waals surface area (Å²) in [5.41, 5.74) is 3.85. The first kappa shape index (κ1) is 18.3. The first-order chi connectivity index (χ1) is 12.4. The molecule has 1 aromatic carbocycles. The number of likely N-dealkylation sites (tertiary alicyclic amines) is 1. The number of fused-ring (bicyclic) bond motifs is 1. The van der Waals surface area contributed by atoms with Gasteiger partial charge in [0, 0.05) is 30.1 Å². The molecule has 0 spiro atoms. The van der Waals surface area contributed by atoms with E-state index in [9.17, 15) is 9.59 Å². The van der Waals surface area contributed by atoms with E-state index in [1.54, 1.807) is 11.8 Å². The van der Waals surface area contributed by atoms with Crippen molar-refractivity contribution in [3.8, 4) is 0 Å². The predicted molar refractivity (Wildman–Crippen MR) is 99.5 cm³/mol. The minimum Gasteiger partial charge on any atom is -0.450 e. The van der Waals surface area contributed by atoms with Crippen LogP contribution in [0.5, 0.6) is 0 Å². The van der Waals surface area contributed by atoms with Gasteiger partial charge in [0.1, 0.15) is 5.58 Å². The number of hydrogen-bond donors (Lipinski definition) is 1. The molecule has 2 aromatic rings. The number of rotatable bonds is 3. The number of aryl methyl sites for hydroxylation is 3. The van der Waals surface area contributed by atoms with Crippen molar-refractivity contribution in [2.45, 2.75) is 46.6 Å². The summed E-state index contributed by atoms with van der Waals surface area (Å²) >= 11 is 0. The van der Waals surface area contributed by atoms with Crippen LogP contribution in [0, 0.1) is 20.8 Å². The second-order valence-electron chi connectivity index (χ2n) is 6.87. The third-order valence-corrected chi connectivity index (χ3v) is 5.19. The van der Waals surface area contributed by atoms with Gasteiger partial charge in [0.25, 0.3) is 5.91 Å². The summed E-state index contributed by atoms with van der Waals surface area (Å²) in [5.74, 6) is 0.187. The molecule has 1 aliphatic heterocycles. The van der Waals surface area contributed by atoms with Gasteiger partial charge in [-0.2, -0.15) is 0 Å². The van der Waals surface area contributed by atoms with E-state index in [0.717, 1.165) is 27.7 Å². The lowest BCUT2D eigenvalue weighted by Crippen LogP contribution is -2.46. The molecule has 1 fully saturated rings. The SMILES string of the molecule is CCOC(=O)N1CCC(NC(=O)c2oc3c(C)c(C)ccc3c2C)CC1. The van der Waals surface area contributed by atoms with Crippen LogP contribution in [-0.2, 0) is 4.74 Å². The Morgan fingerprint density at radius 3 is 2.54 bits per heavy atom. The maximum absolute atomic E-state index is 12.7. The zero-order chi connectivity index (χ0) is 18.8. The summed E-state index contributed by atoms with van der Waals surface area (Å²) in [4.78, 5) is 26.1. The Morgan fingerprint density at radius 2 is 1.88 bits per heavy atom. The molecule has 0 unspecified atom stereocenters. The lowest BCUT2D eigenvalue weighted by Gasteiger charge is -2.31. The molecule has 1 aliphatic rings. The van der Waals surface area contributed by atoms with E-state index in [1.165, 1.54) is 0 Å². The third-order valence-electron chi connectivity index (χ3n) is 5.19. The molecule has 0 aliphatic carbocycles. The van der Waals surface area contributed by atoms with E-state index in [1.807, 2.05) is 32.9 Å². The van der Waals surface area contributed by atoms with Crippen LogP contribution in [0.15, 0.2) is 16.5 Å². The number of hydrogen-bond acceptors (Lipinski definition) is 4. The van der Waals surface area contributed by atoms with E-state index < -0.39 is 0 Å². The van der Waals surface area contributed by atoms with Crippen LogP contribution in [0.1, 0.15) is 47.0 Å². The number of amides is 2. The molecule has 6 heteroatoms. The van der Waals surface area contributed by atoms with Gasteiger partial charge in [0.05, 0.1) is 6.61 Å². The minimum atomic E-state index is -0.281. The highest BCUT2D eigenvalue weighted by Gasteiger charge is 2.27. The number of piperidine rings is 1. The number of carbonyl (C=O) groups is 2. The fourth-order valence-electron chi connectivity index (χ4n) is 3.41. The van der Waals surface area contributed by atoms with Crippen LogP contribution in [-0.4, -0.2) is 42.6 Å². The van der Waals surface area contributed by atoms with Crippen molar-refractivity contribution in [3.63, 3.8) is 0 Å². The van der Waals surface area contributed by atoms with Gasteiger partial charge < -0.3 is 19.4 Å². The van der Waals surface area contributed by atoms with E-state index >= 15 is 0 Å². The van der Waals surface area contributed by atoms with Gasteiger partial charge in [0.2, 0.25) is 0 Å². The van der Waals surface area contributed by atoms with Crippen molar-refractivity contribution < 1.29 is 18.7 Å². The maximum atomic E-state index is 12.7. The molecule has 0 saturated carbocycles. The minimum absolute atomic E-state index is 0.0311. The van der Waals surface area contributed by atoms with Gasteiger partial charge >= 0.3 is 6.09 Å². The normalized spacial score (nSPS) is 15.3. The van der Waals surface area contributed by atoms with Gasteiger partial charge in [-0.25, -0.2) is 4.79 Å². The van der Waals surface area contributed by atoms with Gasteiger partial charge in [-0.05, 0) is 51.7 Å². The van der Waals surface area contributed by atoms with E-state index in [0.29, 0.717) is 38.3 Å². The fraction of sp³-hybridized carbons (Fsp3) is 0.500. The molecule has 3 rings (SSSR count). The Kier molecular flexibility index (Phi) is 5.20. The maximum Gasteiger partial charge on any atom is 0.409 e. The first-order valence-corrected chi connectivity index (χ1v) is 9.14. The Labute approximate surface area is 153 Å². The average Bonchev–Trinajstić information content (AvgIpc) is 2.96. The number of benzene rings is 1. The third kappa shape index (κ3) is 3.41. The Bertz CT molecular complexity index is 832. The van der Waals surface area contributed by atoms with Gasteiger partial charge in [-0.3, -0.25) is 4.79 Å². The van der Waals surface area contributed by atoms with Crippen molar-refractivity contribution in [3.05, 3.63) is 34.6 Å². The lowest BCUT2D eigenvalue weighted by atomic mass is 10.0. The highest BCUT2D eigenvalue weighted by Crippen LogP contribution is 2.29. The number of carbonyl (C=O) groups excluding carboxylic acids is 2. The predicted octanol–water partition coefficient (Wildman–Crippen LogP) is 3.71. The van der Waals surface area contributed by atoms with Crippen LogP contribution < -0.4 is 5.32 Å². The highest BCUT2D eigenvalue weighted by atomic mass is 16.6. The topological polar surface area (TPSA) is 71.8 Å². The lowest BCUT2D eigenvalue weighted by molar-refractivity contribution is 0.0841. The molecule has 1 N–H and O–H groups in total. The van der Waals surface area contributed by atoms with Crippen LogP contribution in [0.3, 0.4) is 0 Å². The molecule has 6 nitrogen and oxygen atoms in total. The van der Waals surface area contributed by atoms with Gasteiger partial charge in [0.15, 0.2) is 5.76 Å². The highest BCUT2D eigenvalue weighted by molar-refractivity contribution is 5.99. The smallest absolute Gasteiger partial charge is 0.409 e.